The van der Waals surface area contributed by atoms with E-state index in [-0.39, 0.29) is 25.7 Å². The maximum atomic E-state index is 13.0. The molecule has 0 rings (SSSR count). The highest BCUT2D eigenvalue weighted by Crippen LogP contribution is 2.45. The van der Waals surface area contributed by atoms with Crippen molar-refractivity contribution in [2.75, 3.05) is 39.6 Å². The van der Waals surface area contributed by atoms with Crippen LogP contribution in [0.4, 0.5) is 0 Å². The molecule has 0 bridgehead atoms. The number of unbranched alkanes of at least 4 members (excludes halogenated alkanes) is 41. The summed E-state index contributed by atoms with van der Waals surface area (Å²) in [5.41, 5.74) is 0. The van der Waals surface area contributed by atoms with E-state index in [4.69, 9.17) is 37.0 Å². The van der Waals surface area contributed by atoms with Crippen LogP contribution in [0.1, 0.15) is 369 Å². The van der Waals surface area contributed by atoms with Gasteiger partial charge in [-0.3, -0.25) is 37.3 Å². The third-order valence-corrected chi connectivity index (χ3v) is 18.6. The molecule has 0 aromatic heterocycles. The predicted octanol–water partition coefficient (Wildman–Crippen LogP) is 20.8. The zero-order valence-electron chi connectivity index (χ0n) is 59.1. The predicted molar refractivity (Wildman–Crippen MR) is 368 cm³/mol. The Balaban J connectivity index is 5.22. The number of phosphoric acid groups is 2. The number of carbonyl (C=O) groups is 4. The van der Waals surface area contributed by atoms with E-state index in [0.717, 1.165) is 102 Å². The quantitative estimate of drug-likeness (QED) is 0.0222. The standard InChI is InChI=1S/C72H140O17P2/c1-7-9-11-13-15-17-24-31-38-44-50-56-71(76)88-67(60-82-69(74)54-48-42-36-30-18-16-14-12-10-8-2)62-86-90(78,79)84-58-66(73)59-85-91(80,81)87-63-68(61-83-70(75)55-49-43-37-33-27-29-35-41-47-53-65(5)6)89-72(77)57-51-45-39-32-26-23-21-19-20-22-25-28-34-40-46-52-64(3)4/h64-68,73H,7-63H2,1-6H3,(H,78,79)(H,80,81)/t66-,67+,68+/m0/s1. The summed E-state index contributed by atoms with van der Waals surface area (Å²) in [6, 6.07) is 0. The molecule has 0 radical (unpaired) electrons. The Morgan fingerprint density at radius 3 is 0.747 bits per heavy atom. The van der Waals surface area contributed by atoms with Crippen molar-refractivity contribution in [1.82, 2.24) is 0 Å². The van der Waals surface area contributed by atoms with Gasteiger partial charge < -0.3 is 33.8 Å². The third-order valence-electron chi connectivity index (χ3n) is 16.7. The molecule has 3 N–H and O–H groups in total. The number of aliphatic hydroxyl groups is 1. The lowest BCUT2D eigenvalue weighted by atomic mass is 10.0. The fraction of sp³-hybridized carbons (Fsp3) is 0.944. The topological polar surface area (TPSA) is 237 Å². The average molecular weight is 1340 g/mol. The number of hydrogen-bond donors (Lipinski definition) is 3. The number of hydrogen-bond acceptors (Lipinski definition) is 15. The molecule has 0 aromatic rings. The molecule has 0 spiro atoms. The van der Waals surface area contributed by atoms with Crippen molar-refractivity contribution in [2.24, 2.45) is 11.8 Å². The second-order valence-corrected chi connectivity index (χ2v) is 29.8. The van der Waals surface area contributed by atoms with Crippen LogP contribution in [-0.2, 0) is 65.4 Å². The van der Waals surface area contributed by atoms with Gasteiger partial charge in [-0.05, 0) is 37.5 Å². The van der Waals surface area contributed by atoms with Crippen LogP contribution in [0, 0.1) is 11.8 Å². The Labute approximate surface area is 556 Å². The molecular formula is C72H140O17P2. The van der Waals surface area contributed by atoms with Gasteiger partial charge in [0.2, 0.25) is 0 Å². The molecule has 17 nitrogen and oxygen atoms in total. The number of aliphatic hydroxyl groups excluding tert-OH is 1. The van der Waals surface area contributed by atoms with Gasteiger partial charge in [-0.1, -0.05) is 318 Å². The Bertz CT molecular complexity index is 1770. The average Bonchev–Trinajstić information content (AvgIpc) is 3.64. The third kappa shape index (κ3) is 66.5. The Morgan fingerprint density at radius 2 is 0.505 bits per heavy atom. The van der Waals surface area contributed by atoms with Crippen LogP contribution in [0.15, 0.2) is 0 Å². The van der Waals surface area contributed by atoms with Crippen LogP contribution < -0.4 is 0 Å². The van der Waals surface area contributed by atoms with Gasteiger partial charge in [0.05, 0.1) is 26.4 Å². The van der Waals surface area contributed by atoms with Crippen LogP contribution in [0.2, 0.25) is 0 Å². The van der Waals surface area contributed by atoms with Crippen molar-refractivity contribution in [3.63, 3.8) is 0 Å². The van der Waals surface area contributed by atoms with Crippen LogP contribution in [0.25, 0.3) is 0 Å². The van der Waals surface area contributed by atoms with Gasteiger partial charge >= 0.3 is 39.5 Å². The molecule has 0 aliphatic rings. The van der Waals surface area contributed by atoms with Crippen molar-refractivity contribution in [3.8, 4) is 0 Å². The molecule has 0 aromatic carbocycles. The van der Waals surface area contributed by atoms with Gasteiger partial charge in [-0.15, -0.1) is 0 Å². The summed E-state index contributed by atoms with van der Waals surface area (Å²) < 4.78 is 68.3. The number of phosphoric ester groups is 2. The molecule has 0 aliphatic heterocycles. The van der Waals surface area contributed by atoms with Gasteiger partial charge in [0.1, 0.15) is 19.3 Å². The molecule has 0 heterocycles. The van der Waals surface area contributed by atoms with E-state index in [1.807, 2.05) is 0 Å². The van der Waals surface area contributed by atoms with Crippen LogP contribution >= 0.6 is 15.6 Å². The minimum atomic E-state index is -4.95. The van der Waals surface area contributed by atoms with E-state index in [0.29, 0.717) is 25.7 Å². The summed E-state index contributed by atoms with van der Waals surface area (Å²) in [7, 11) is -9.90. The maximum Gasteiger partial charge on any atom is 0.472 e. The van der Waals surface area contributed by atoms with Crippen LogP contribution in [0.3, 0.4) is 0 Å². The van der Waals surface area contributed by atoms with Crippen molar-refractivity contribution in [2.45, 2.75) is 387 Å². The fourth-order valence-corrected chi connectivity index (χ4v) is 12.5. The largest absolute Gasteiger partial charge is 0.472 e. The van der Waals surface area contributed by atoms with Crippen molar-refractivity contribution < 1.29 is 80.2 Å². The highest BCUT2D eigenvalue weighted by atomic mass is 31.2. The molecule has 0 saturated heterocycles. The van der Waals surface area contributed by atoms with E-state index >= 15 is 0 Å². The van der Waals surface area contributed by atoms with Crippen molar-refractivity contribution in [1.29, 1.82) is 0 Å². The first-order valence-electron chi connectivity index (χ1n) is 37.5. The number of esters is 4. The van der Waals surface area contributed by atoms with E-state index in [1.165, 1.54) is 186 Å². The van der Waals surface area contributed by atoms with E-state index in [1.54, 1.807) is 0 Å². The first kappa shape index (κ1) is 89.1. The second-order valence-electron chi connectivity index (χ2n) is 26.9. The van der Waals surface area contributed by atoms with E-state index in [9.17, 15) is 43.2 Å². The van der Waals surface area contributed by atoms with E-state index < -0.39 is 97.5 Å². The van der Waals surface area contributed by atoms with Crippen molar-refractivity contribution >= 4 is 39.5 Å². The Hall–Kier alpha value is -1.94. The number of ether oxygens (including phenoxy) is 4. The van der Waals surface area contributed by atoms with E-state index in [2.05, 4.69) is 41.5 Å². The first-order valence-corrected chi connectivity index (χ1v) is 40.5. The van der Waals surface area contributed by atoms with Crippen LogP contribution in [0.5, 0.6) is 0 Å². The molecule has 540 valence electrons. The highest BCUT2D eigenvalue weighted by Gasteiger charge is 2.30. The van der Waals surface area contributed by atoms with Crippen molar-refractivity contribution in [3.05, 3.63) is 0 Å². The van der Waals surface area contributed by atoms with Gasteiger partial charge in [0, 0.05) is 25.7 Å². The minimum absolute atomic E-state index is 0.107. The van der Waals surface area contributed by atoms with Gasteiger partial charge in [0.15, 0.2) is 12.2 Å². The van der Waals surface area contributed by atoms with Crippen LogP contribution in [-0.4, -0.2) is 96.7 Å². The minimum Gasteiger partial charge on any atom is -0.462 e. The number of carbonyl (C=O) groups excluding carboxylic acids is 4. The monoisotopic (exact) mass is 1340 g/mol. The zero-order valence-corrected chi connectivity index (χ0v) is 60.9. The molecule has 0 amide bonds. The SMILES string of the molecule is CCCCCCCCCCCCCC(=O)O[C@H](COC(=O)CCCCCCCCCCCC)COP(=O)(O)OC[C@H](O)COP(=O)(O)OC[C@@H](COC(=O)CCCCCCCCCCCC(C)C)OC(=O)CCCCCCCCCCCCCCCCCC(C)C. The summed E-state index contributed by atoms with van der Waals surface area (Å²) in [5.74, 6) is -0.574. The maximum absolute atomic E-state index is 13.0. The molecular weight excluding hydrogens is 1200 g/mol. The molecule has 0 saturated carbocycles. The lowest BCUT2D eigenvalue weighted by Crippen LogP contribution is -2.30. The smallest absolute Gasteiger partial charge is 0.462 e. The molecule has 19 heteroatoms. The Kier molecular flexibility index (Phi) is 62.7. The summed E-state index contributed by atoms with van der Waals surface area (Å²) in [4.78, 5) is 72.6. The summed E-state index contributed by atoms with van der Waals surface area (Å²) in [6.45, 7) is 9.56. The fourth-order valence-electron chi connectivity index (χ4n) is 10.9. The molecule has 2 unspecified atom stereocenters. The molecule has 0 fully saturated rings. The summed E-state index contributed by atoms with van der Waals surface area (Å²) >= 11 is 0. The second kappa shape index (κ2) is 64.1. The first-order chi connectivity index (χ1) is 43.9. The normalized spacial score (nSPS) is 14.1. The van der Waals surface area contributed by atoms with Gasteiger partial charge in [0.25, 0.3) is 0 Å². The lowest BCUT2D eigenvalue weighted by molar-refractivity contribution is -0.161. The van der Waals surface area contributed by atoms with Gasteiger partial charge in [-0.25, -0.2) is 9.13 Å². The molecule has 0 aliphatic carbocycles. The molecule has 5 atom stereocenters. The van der Waals surface area contributed by atoms with Gasteiger partial charge in [-0.2, -0.15) is 0 Å². The summed E-state index contributed by atoms with van der Waals surface area (Å²) in [5, 5.41) is 10.6. The summed E-state index contributed by atoms with van der Waals surface area (Å²) in [6.07, 6.45) is 49.9. The Morgan fingerprint density at radius 1 is 0.297 bits per heavy atom. The lowest BCUT2D eigenvalue weighted by Gasteiger charge is -2.21. The highest BCUT2D eigenvalue weighted by molar-refractivity contribution is 7.47. The number of rotatable bonds is 71. The zero-order chi connectivity index (χ0) is 67.2. The molecule has 91 heavy (non-hydrogen) atoms.